The average molecular weight is 520 g/mol. The Hall–Kier alpha value is -1.79. The van der Waals surface area contributed by atoms with Crippen LogP contribution in [0, 0.1) is 0 Å². The largest absolute Gasteiger partial charge is 0.444 e. The van der Waals surface area contributed by atoms with E-state index in [-0.39, 0.29) is 17.6 Å². The van der Waals surface area contributed by atoms with Crippen molar-refractivity contribution in [3.8, 4) is 0 Å². The predicted octanol–water partition coefficient (Wildman–Crippen LogP) is 6.86. The number of likely N-dealkylation sites (tertiary alicyclic amines) is 1. The van der Waals surface area contributed by atoms with Crippen LogP contribution >= 0.6 is 23.2 Å². The van der Waals surface area contributed by atoms with Crippen molar-refractivity contribution in [3.63, 3.8) is 0 Å². The Morgan fingerprint density at radius 3 is 2.54 bits per heavy atom. The second kappa shape index (κ2) is 10.7. The molecule has 0 aromatic heterocycles. The van der Waals surface area contributed by atoms with Gasteiger partial charge in [0.25, 0.3) is 0 Å². The molecule has 7 heteroatoms. The van der Waals surface area contributed by atoms with E-state index in [0.717, 1.165) is 44.5 Å². The third-order valence-electron chi connectivity index (χ3n) is 7.08. The third kappa shape index (κ3) is 6.32. The number of likely N-dealkylation sites (N-methyl/N-ethyl adjacent to an activating group) is 1. The first kappa shape index (κ1) is 26.3. The van der Waals surface area contributed by atoms with Crippen LogP contribution in [-0.4, -0.2) is 54.7 Å². The van der Waals surface area contributed by atoms with Crippen molar-refractivity contribution in [1.82, 2.24) is 9.80 Å². The van der Waals surface area contributed by atoms with Crippen molar-refractivity contribution in [2.24, 2.45) is 0 Å². The molecule has 0 N–H and O–H groups in total. The fourth-order valence-corrected chi connectivity index (χ4v) is 5.46. The standard InChI is InChI=1S/C28H36Cl2N2O3/c1-27(2,3)35-26(33)31(4)18-21(20-9-10-24(29)25(30)17-20)11-14-32-15-12-28(13-16-32)23-8-6-5-7-22(23)19-34-28/h5-10,17,21H,11-16,18-19H2,1-4H3. The maximum atomic E-state index is 12.6. The molecule has 1 unspecified atom stereocenters. The molecule has 0 radical (unpaired) electrons. The van der Waals surface area contributed by atoms with Crippen LogP contribution in [0.3, 0.4) is 0 Å². The summed E-state index contributed by atoms with van der Waals surface area (Å²) in [5.41, 5.74) is 3.11. The van der Waals surface area contributed by atoms with E-state index in [1.54, 1.807) is 11.9 Å². The van der Waals surface area contributed by atoms with E-state index in [4.69, 9.17) is 32.7 Å². The van der Waals surface area contributed by atoms with Crippen molar-refractivity contribution in [3.05, 3.63) is 69.2 Å². The van der Waals surface area contributed by atoms with E-state index in [9.17, 15) is 4.79 Å². The Labute approximate surface area is 219 Å². The molecule has 1 saturated heterocycles. The van der Waals surface area contributed by atoms with Crippen LogP contribution in [-0.2, 0) is 21.7 Å². The lowest BCUT2D eigenvalue weighted by Crippen LogP contribution is -2.43. The number of fused-ring (bicyclic) bond motifs is 2. The number of hydrogen-bond donors (Lipinski definition) is 0. The monoisotopic (exact) mass is 518 g/mol. The summed E-state index contributed by atoms with van der Waals surface area (Å²) in [6.07, 6.45) is 2.58. The predicted molar refractivity (Wildman–Crippen MR) is 141 cm³/mol. The minimum atomic E-state index is -0.533. The van der Waals surface area contributed by atoms with Crippen LogP contribution in [0.25, 0.3) is 0 Å². The van der Waals surface area contributed by atoms with Gasteiger partial charge < -0.3 is 19.3 Å². The highest BCUT2D eigenvalue weighted by atomic mass is 35.5. The molecular weight excluding hydrogens is 483 g/mol. The number of piperidine rings is 1. The Bertz CT molecular complexity index is 1040. The molecule has 1 atom stereocenters. The van der Waals surface area contributed by atoms with Gasteiger partial charge in [-0.05, 0) is 75.4 Å². The number of carbonyl (C=O) groups is 1. The molecule has 0 saturated carbocycles. The van der Waals surface area contributed by atoms with Crippen molar-refractivity contribution in [2.75, 3.05) is 33.2 Å². The van der Waals surface area contributed by atoms with Gasteiger partial charge in [-0.25, -0.2) is 4.79 Å². The van der Waals surface area contributed by atoms with Crippen molar-refractivity contribution in [2.45, 2.75) is 63.8 Å². The number of benzene rings is 2. The summed E-state index contributed by atoms with van der Waals surface area (Å²) in [7, 11) is 1.79. The minimum Gasteiger partial charge on any atom is -0.444 e. The summed E-state index contributed by atoms with van der Waals surface area (Å²) in [6, 6.07) is 14.4. The quantitative estimate of drug-likeness (QED) is 0.418. The lowest BCUT2D eigenvalue weighted by atomic mass is 9.83. The fourth-order valence-electron chi connectivity index (χ4n) is 5.15. The number of halogens is 2. The number of ether oxygens (including phenoxy) is 2. The van der Waals surface area contributed by atoms with Crippen LogP contribution in [0.15, 0.2) is 42.5 Å². The maximum absolute atomic E-state index is 12.6. The first-order chi connectivity index (χ1) is 16.6. The van der Waals surface area contributed by atoms with Gasteiger partial charge in [0.05, 0.1) is 22.3 Å². The third-order valence-corrected chi connectivity index (χ3v) is 7.82. The molecule has 0 aliphatic carbocycles. The second-order valence-corrected chi connectivity index (χ2v) is 11.6. The molecular formula is C28H36Cl2N2O3. The zero-order valence-electron chi connectivity index (χ0n) is 21.2. The van der Waals surface area contributed by atoms with Gasteiger partial charge in [-0.2, -0.15) is 0 Å². The normalized spacial score (nSPS) is 18.3. The smallest absolute Gasteiger partial charge is 0.410 e. The molecule has 2 aliphatic heterocycles. The number of carbonyl (C=O) groups excluding carboxylic acids is 1. The molecule has 1 fully saturated rings. The van der Waals surface area contributed by atoms with Crippen LogP contribution < -0.4 is 0 Å². The van der Waals surface area contributed by atoms with E-state index in [1.807, 2.05) is 39.0 Å². The molecule has 2 aromatic carbocycles. The first-order valence-electron chi connectivity index (χ1n) is 12.4. The van der Waals surface area contributed by atoms with Crippen LogP contribution in [0.4, 0.5) is 4.79 Å². The van der Waals surface area contributed by atoms with E-state index >= 15 is 0 Å². The van der Waals surface area contributed by atoms with E-state index < -0.39 is 5.60 Å². The van der Waals surface area contributed by atoms with Gasteiger partial charge in [-0.1, -0.05) is 53.5 Å². The molecule has 4 rings (SSSR count). The lowest BCUT2D eigenvalue weighted by Gasteiger charge is -2.40. The first-order valence-corrected chi connectivity index (χ1v) is 13.2. The number of hydrogen-bond acceptors (Lipinski definition) is 4. The van der Waals surface area contributed by atoms with Gasteiger partial charge in [-0.15, -0.1) is 0 Å². The van der Waals surface area contributed by atoms with Crippen molar-refractivity contribution < 1.29 is 14.3 Å². The summed E-state index contributed by atoms with van der Waals surface area (Å²) in [5, 5.41) is 1.07. The molecule has 190 valence electrons. The molecule has 1 amide bonds. The van der Waals surface area contributed by atoms with Crippen LogP contribution in [0.2, 0.25) is 10.0 Å². The van der Waals surface area contributed by atoms with Gasteiger partial charge in [-0.3, -0.25) is 0 Å². The Kier molecular flexibility index (Phi) is 8.02. The lowest BCUT2D eigenvalue weighted by molar-refractivity contribution is -0.0790. The highest BCUT2D eigenvalue weighted by Gasteiger charge is 2.42. The minimum absolute atomic E-state index is 0.113. The van der Waals surface area contributed by atoms with Gasteiger partial charge >= 0.3 is 6.09 Å². The maximum Gasteiger partial charge on any atom is 0.410 e. The number of amides is 1. The zero-order valence-corrected chi connectivity index (χ0v) is 22.7. The van der Waals surface area contributed by atoms with Crippen LogP contribution in [0.1, 0.15) is 62.6 Å². The fraction of sp³-hybridized carbons (Fsp3) is 0.536. The molecule has 2 aromatic rings. The summed E-state index contributed by atoms with van der Waals surface area (Å²) in [5.74, 6) is 0.113. The molecule has 2 heterocycles. The Morgan fingerprint density at radius 2 is 1.86 bits per heavy atom. The van der Waals surface area contributed by atoms with E-state index in [2.05, 4.69) is 29.2 Å². The summed E-state index contributed by atoms with van der Waals surface area (Å²) < 4.78 is 11.9. The molecule has 1 spiro atoms. The highest BCUT2D eigenvalue weighted by Crippen LogP contribution is 2.44. The molecule has 35 heavy (non-hydrogen) atoms. The number of rotatable bonds is 6. The van der Waals surface area contributed by atoms with Gasteiger partial charge in [0, 0.05) is 32.6 Å². The summed E-state index contributed by atoms with van der Waals surface area (Å²) in [4.78, 5) is 16.8. The van der Waals surface area contributed by atoms with Crippen molar-refractivity contribution in [1.29, 1.82) is 0 Å². The van der Waals surface area contributed by atoms with Gasteiger partial charge in [0.1, 0.15) is 5.60 Å². The van der Waals surface area contributed by atoms with Crippen LogP contribution in [0.5, 0.6) is 0 Å². The SMILES string of the molecule is CN(CC(CCN1CCC2(CC1)OCc1ccccc12)c1ccc(Cl)c(Cl)c1)C(=O)OC(C)(C)C. The highest BCUT2D eigenvalue weighted by molar-refractivity contribution is 6.42. The number of nitrogens with zero attached hydrogens (tertiary/aromatic N) is 2. The Morgan fingerprint density at radius 1 is 1.14 bits per heavy atom. The molecule has 0 bridgehead atoms. The average Bonchev–Trinajstić information content (AvgIpc) is 3.16. The molecule has 5 nitrogen and oxygen atoms in total. The summed E-state index contributed by atoms with van der Waals surface area (Å²) >= 11 is 12.5. The zero-order chi connectivity index (χ0) is 25.2. The van der Waals surface area contributed by atoms with Crippen molar-refractivity contribution >= 4 is 29.3 Å². The Balaban J connectivity index is 1.40. The van der Waals surface area contributed by atoms with E-state index in [1.165, 1.54) is 11.1 Å². The van der Waals surface area contributed by atoms with Gasteiger partial charge in [0.2, 0.25) is 0 Å². The van der Waals surface area contributed by atoms with Gasteiger partial charge in [0.15, 0.2) is 0 Å². The topological polar surface area (TPSA) is 42.0 Å². The van der Waals surface area contributed by atoms with E-state index in [0.29, 0.717) is 23.2 Å². The molecule has 2 aliphatic rings. The summed E-state index contributed by atoms with van der Waals surface area (Å²) in [6.45, 7) is 9.81. The second-order valence-electron chi connectivity index (χ2n) is 10.8.